The van der Waals surface area contributed by atoms with Gasteiger partial charge < -0.3 is 14.9 Å². The Kier molecular flexibility index (Phi) is 4.24. The van der Waals surface area contributed by atoms with E-state index in [0.717, 1.165) is 19.8 Å². The van der Waals surface area contributed by atoms with Crippen molar-refractivity contribution in [1.29, 1.82) is 0 Å². The van der Waals surface area contributed by atoms with Gasteiger partial charge in [0, 0.05) is 13.2 Å². The van der Waals surface area contributed by atoms with E-state index in [1.807, 2.05) is 0 Å². The molecule has 0 aromatic rings. The Bertz CT molecular complexity index is 541. The SMILES string of the molecule is CCC(C)(C(=O)OC12CC3CC(CO)(CC(CO)(C3)C1)C2)C(F)(F)F. The average molecular weight is 364 g/mol. The normalized spacial score (nSPS) is 42.3. The Hall–Kier alpha value is -0.820. The van der Waals surface area contributed by atoms with E-state index in [1.165, 1.54) is 6.92 Å². The third-order valence-electron chi connectivity index (χ3n) is 7.01. The largest absolute Gasteiger partial charge is 0.458 e. The number of aliphatic hydroxyl groups is 2. The molecule has 4 saturated carbocycles. The molecule has 0 saturated heterocycles. The van der Waals surface area contributed by atoms with Crippen molar-refractivity contribution in [1.82, 2.24) is 0 Å². The summed E-state index contributed by atoms with van der Waals surface area (Å²) in [5.74, 6) is -1.06. The number of carbonyl (C=O) groups excluding carboxylic acids is 1. The first-order valence-electron chi connectivity index (χ1n) is 8.99. The van der Waals surface area contributed by atoms with E-state index in [-0.39, 0.29) is 25.6 Å². The quantitative estimate of drug-likeness (QED) is 0.735. The number of hydrogen-bond donors (Lipinski definition) is 2. The highest BCUT2D eigenvalue weighted by Crippen LogP contribution is 2.67. The maximum atomic E-state index is 13.4. The Labute approximate surface area is 145 Å². The van der Waals surface area contributed by atoms with Gasteiger partial charge in [-0.15, -0.1) is 0 Å². The van der Waals surface area contributed by atoms with E-state index in [1.54, 1.807) is 0 Å². The van der Waals surface area contributed by atoms with Crippen molar-refractivity contribution in [3.63, 3.8) is 0 Å². The number of alkyl halides is 3. The van der Waals surface area contributed by atoms with E-state index in [9.17, 15) is 28.2 Å². The Morgan fingerprint density at radius 1 is 1.08 bits per heavy atom. The van der Waals surface area contributed by atoms with Crippen LogP contribution in [0, 0.1) is 22.2 Å². The van der Waals surface area contributed by atoms with Crippen LogP contribution in [0.5, 0.6) is 0 Å². The number of hydrogen-bond acceptors (Lipinski definition) is 4. The Balaban J connectivity index is 1.91. The van der Waals surface area contributed by atoms with Crippen LogP contribution in [0.2, 0.25) is 0 Å². The molecule has 144 valence electrons. The number of esters is 1. The summed E-state index contributed by atoms with van der Waals surface area (Å²) in [6.07, 6.45) is -1.54. The molecule has 4 aliphatic carbocycles. The number of aliphatic hydroxyl groups excluding tert-OH is 2. The van der Waals surface area contributed by atoms with Crippen molar-refractivity contribution in [3.05, 3.63) is 0 Å². The smallest absolute Gasteiger partial charge is 0.404 e. The van der Waals surface area contributed by atoms with Crippen LogP contribution in [0.1, 0.15) is 58.8 Å². The van der Waals surface area contributed by atoms with E-state index in [0.29, 0.717) is 25.7 Å². The lowest BCUT2D eigenvalue weighted by Gasteiger charge is -2.65. The summed E-state index contributed by atoms with van der Waals surface area (Å²) in [4.78, 5) is 12.5. The molecule has 4 rings (SSSR count). The first-order valence-corrected chi connectivity index (χ1v) is 8.99. The number of ether oxygens (including phenoxy) is 1. The lowest BCUT2D eigenvalue weighted by atomic mass is 9.43. The zero-order valence-corrected chi connectivity index (χ0v) is 14.8. The molecule has 3 atom stereocenters. The molecule has 0 spiro atoms. The van der Waals surface area contributed by atoms with E-state index in [4.69, 9.17) is 4.74 Å². The van der Waals surface area contributed by atoms with Gasteiger partial charge in [0.25, 0.3) is 0 Å². The zero-order valence-electron chi connectivity index (χ0n) is 14.8. The molecule has 0 aromatic heterocycles. The standard InChI is InChI=1S/C18H27F3O4/c1-3-14(2,18(19,20)21)13(24)25-17-6-12-4-15(8-17,10-22)7-16(5-12,9-17)11-23/h12,22-23H,3-11H2,1-2H3. The van der Waals surface area contributed by atoms with Gasteiger partial charge in [-0.1, -0.05) is 6.92 Å². The van der Waals surface area contributed by atoms with Crippen molar-refractivity contribution >= 4 is 5.97 Å². The zero-order chi connectivity index (χ0) is 18.7. The molecule has 25 heavy (non-hydrogen) atoms. The van der Waals surface area contributed by atoms with Gasteiger partial charge in [0.1, 0.15) is 5.60 Å². The molecule has 0 radical (unpaired) electrons. The van der Waals surface area contributed by atoms with Crippen LogP contribution in [-0.2, 0) is 9.53 Å². The lowest BCUT2D eigenvalue weighted by molar-refractivity contribution is -0.263. The van der Waals surface area contributed by atoms with Crippen LogP contribution in [-0.4, -0.2) is 41.2 Å². The minimum Gasteiger partial charge on any atom is -0.458 e. The molecule has 4 nitrogen and oxygen atoms in total. The van der Waals surface area contributed by atoms with Gasteiger partial charge in [-0.2, -0.15) is 13.2 Å². The van der Waals surface area contributed by atoms with Gasteiger partial charge >= 0.3 is 12.1 Å². The van der Waals surface area contributed by atoms with E-state index < -0.39 is 34.0 Å². The van der Waals surface area contributed by atoms with E-state index in [2.05, 4.69) is 0 Å². The molecule has 4 aliphatic rings. The molecule has 0 heterocycles. The number of rotatable bonds is 5. The van der Waals surface area contributed by atoms with Crippen molar-refractivity contribution in [3.8, 4) is 0 Å². The third kappa shape index (κ3) is 2.78. The maximum Gasteiger partial charge on any atom is 0.404 e. The summed E-state index contributed by atoms with van der Waals surface area (Å²) >= 11 is 0. The van der Waals surface area contributed by atoms with Gasteiger partial charge in [0.2, 0.25) is 0 Å². The van der Waals surface area contributed by atoms with Crippen LogP contribution in [0.15, 0.2) is 0 Å². The minimum atomic E-state index is -4.68. The summed E-state index contributed by atoms with van der Waals surface area (Å²) in [6, 6.07) is 0. The summed E-state index contributed by atoms with van der Waals surface area (Å²) in [7, 11) is 0. The van der Waals surface area contributed by atoms with Gasteiger partial charge in [-0.05, 0) is 68.6 Å². The van der Waals surface area contributed by atoms with Crippen molar-refractivity contribution in [2.24, 2.45) is 22.2 Å². The van der Waals surface area contributed by atoms with Crippen molar-refractivity contribution in [2.75, 3.05) is 13.2 Å². The van der Waals surface area contributed by atoms with Gasteiger partial charge in [-0.25, -0.2) is 0 Å². The fourth-order valence-electron chi connectivity index (χ4n) is 5.99. The van der Waals surface area contributed by atoms with Crippen LogP contribution < -0.4 is 0 Å². The Morgan fingerprint density at radius 3 is 2.00 bits per heavy atom. The van der Waals surface area contributed by atoms with E-state index >= 15 is 0 Å². The summed E-state index contributed by atoms with van der Waals surface area (Å²) < 4.78 is 45.9. The third-order valence-corrected chi connectivity index (χ3v) is 7.01. The second-order valence-electron chi connectivity index (χ2n) is 9.08. The number of carbonyl (C=O) groups is 1. The predicted octanol–water partition coefficient (Wildman–Crippen LogP) is 3.20. The van der Waals surface area contributed by atoms with Crippen molar-refractivity contribution < 1.29 is 32.9 Å². The van der Waals surface area contributed by atoms with Crippen LogP contribution in [0.3, 0.4) is 0 Å². The number of halogens is 3. The van der Waals surface area contributed by atoms with Gasteiger partial charge in [0.15, 0.2) is 5.41 Å². The lowest BCUT2D eigenvalue weighted by Crippen LogP contribution is -2.64. The van der Waals surface area contributed by atoms with Gasteiger partial charge in [0.05, 0.1) is 0 Å². The van der Waals surface area contributed by atoms with Crippen LogP contribution in [0.4, 0.5) is 13.2 Å². The molecular weight excluding hydrogens is 337 g/mol. The predicted molar refractivity (Wildman–Crippen MR) is 83.5 cm³/mol. The molecule has 7 heteroatoms. The molecule has 0 aromatic carbocycles. The highest BCUT2D eigenvalue weighted by molar-refractivity contribution is 5.78. The average Bonchev–Trinajstić information content (AvgIpc) is 2.51. The first-order chi connectivity index (χ1) is 11.5. The van der Waals surface area contributed by atoms with Crippen LogP contribution >= 0.6 is 0 Å². The second-order valence-corrected chi connectivity index (χ2v) is 9.08. The fourth-order valence-corrected chi connectivity index (χ4v) is 5.99. The molecule has 0 amide bonds. The molecule has 0 aliphatic heterocycles. The Morgan fingerprint density at radius 2 is 1.60 bits per heavy atom. The fraction of sp³-hybridized carbons (Fsp3) is 0.944. The summed E-state index contributed by atoms with van der Waals surface area (Å²) in [5.41, 5.74) is -4.44. The molecule has 4 bridgehead atoms. The minimum absolute atomic E-state index is 0.0884. The molecule has 4 fully saturated rings. The molecular formula is C18H27F3O4. The molecule has 3 unspecified atom stereocenters. The van der Waals surface area contributed by atoms with Crippen LogP contribution in [0.25, 0.3) is 0 Å². The second kappa shape index (κ2) is 5.59. The topological polar surface area (TPSA) is 66.8 Å². The monoisotopic (exact) mass is 364 g/mol. The highest BCUT2D eigenvalue weighted by atomic mass is 19.4. The maximum absolute atomic E-state index is 13.4. The first kappa shape index (κ1) is 19.0. The summed E-state index contributed by atoms with van der Waals surface area (Å²) in [5, 5.41) is 19.8. The highest BCUT2D eigenvalue weighted by Gasteiger charge is 2.66. The molecule has 2 N–H and O–H groups in total. The summed E-state index contributed by atoms with van der Waals surface area (Å²) in [6.45, 7) is 2.04. The van der Waals surface area contributed by atoms with Crippen molar-refractivity contribution in [2.45, 2.75) is 70.6 Å². The van der Waals surface area contributed by atoms with Gasteiger partial charge in [-0.3, -0.25) is 4.79 Å².